The van der Waals surface area contributed by atoms with Crippen molar-refractivity contribution >= 4 is 58.0 Å². The zero-order valence-corrected chi connectivity index (χ0v) is 21.4. The molecule has 1 atom stereocenters. The standard InChI is InChI=1S/C26H21IN2O5S/c27-16-9-15(24(30)29-14-35-13-23(29)25(31)32)10-17(11-16)28-26(33)34-12-22-20-7-3-1-5-18(20)19-6-2-4-8-21(19)22/h1-11,22-23H,12-14H2,(H,28,33)(H,31,32). The third-order valence-corrected chi connectivity index (χ3v) is 7.80. The van der Waals surface area contributed by atoms with Crippen molar-refractivity contribution in [2.45, 2.75) is 12.0 Å². The number of benzene rings is 3. The smallest absolute Gasteiger partial charge is 0.411 e. The molecule has 0 saturated carbocycles. The number of anilines is 1. The Morgan fingerprint density at radius 3 is 2.34 bits per heavy atom. The fourth-order valence-electron chi connectivity index (χ4n) is 4.55. The van der Waals surface area contributed by atoms with Crippen LogP contribution in [0.25, 0.3) is 11.1 Å². The van der Waals surface area contributed by atoms with Crippen LogP contribution in [-0.2, 0) is 9.53 Å². The molecule has 0 bridgehead atoms. The summed E-state index contributed by atoms with van der Waals surface area (Å²) >= 11 is 3.46. The molecule has 1 heterocycles. The first-order valence-corrected chi connectivity index (χ1v) is 13.2. The summed E-state index contributed by atoms with van der Waals surface area (Å²) in [7, 11) is 0. The van der Waals surface area contributed by atoms with Gasteiger partial charge in [0.25, 0.3) is 5.91 Å². The number of nitrogens with one attached hydrogen (secondary N) is 1. The lowest BCUT2D eigenvalue weighted by Gasteiger charge is -2.21. The monoisotopic (exact) mass is 600 g/mol. The van der Waals surface area contributed by atoms with Crippen molar-refractivity contribution in [2.24, 2.45) is 0 Å². The van der Waals surface area contributed by atoms with Crippen molar-refractivity contribution in [2.75, 3.05) is 23.6 Å². The van der Waals surface area contributed by atoms with Crippen molar-refractivity contribution in [3.8, 4) is 11.1 Å². The lowest BCUT2D eigenvalue weighted by molar-refractivity contribution is -0.140. The molecule has 35 heavy (non-hydrogen) atoms. The van der Waals surface area contributed by atoms with E-state index in [4.69, 9.17) is 4.74 Å². The number of fused-ring (bicyclic) bond motifs is 3. The number of carbonyl (C=O) groups is 3. The Bertz CT molecular complexity index is 1290. The van der Waals surface area contributed by atoms with E-state index in [1.165, 1.54) is 16.7 Å². The molecule has 1 aliphatic heterocycles. The molecule has 1 saturated heterocycles. The second-order valence-corrected chi connectivity index (χ2v) is 10.6. The quantitative estimate of drug-likeness (QED) is 0.389. The van der Waals surface area contributed by atoms with Crippen molar-refractivity contribution in [1.82, 2.24) is 4.90 Å². The van der Waals surface area contributed by atoms with E-state index >= 15 is 0 Å². The van der Waals surface area contributed by atoms with Gasteiger partial charge in [-0.05, 0) is 63.0 Å². The van der Waals surface area contributed by atoms with Crippen LogP contribution < -0.4 is 5.32 Å². The van der Waals surface area contributed by atoms with Gasteiger partial charge in [0, 0.05) is 26.5 Å². The number of rotatable bonds is 5. The van der Waals surface area contributed by atoms with Crippen LogP contribution in [0.1, 0.15) is 27.4 Å². The fourth-order valence-corrected chi connectivity index (χ4v) is 6.37. The van der Waals surface area contributed by atoms with E-state index in [1.54, 1.807) is 18.2 Å². The predicted molar refractivity (Wildman–Crippen MR) is 143 cm³/mol. The minimum atomic E-state index is -1.02. The summed E-state index contributed by atoms with van der Waals surface area (Å²) in [6.45, 7) is 0.181. The molecule has 0 spiro atoms. The number of aliphatic carboxylic acids is 1. The van der Waals surface area contributed by atoms with E-state index in [9.17, 15) is 19.5 Å². The zero-order chi connectivity index (χ0) is 24.5. The highest BCUT2D eigenvalue weighted by Gasteiger charge is 2.35. The lowest BCUT2D eigenvalue weighted by atomic mass is 9.98. The van der Waals surface area contributed by atoms with E-state index in [-0.39, 0.29) is 18.4 Å². The van der Waals surface area contributed by atoms with Crippen LogP contribution in [0.15, 0.2) is 66.7 Å². The molecular weight excluding hydrogens is 579 g/mol. The van der Waals surface area contributed by atoms with E-state index in [0.29, 0.717) is 22.9 Å². The van der Waals surface area contributed by atoms with Gasteiger partial charge >= 0.3 is 12.1 Å². The summed E-state index contributed by atoms with van der Waals surface area (Å²) in [5.74, 6) is -0.781. The van der Waals surface area contributed by atoms with Gasteiger partial charge in [-0.15, -0.1) is 11.8 Å². The molecule has 2 aliphatic rings. The molecule has 5 rings (SSSR count). The van der Waals surface area contributed by atoms with Crippen molar-refractivity contribution in [1.29, 1.82) is 0 Å². The van der Waals surface area contributed by atoms with Gasteiger partial charge in [-0.1, -0.05) is 48.5 Å². The number of amides is 2. The van der Waals surface area contributed by atoms with Crippen LogP contribution in [-0.4, -0.2) is 52.3 Å². The molecule has 0 radical (unpaired) electrons. The van der Waals surface area contributed by atoms with Gasteiger partial charge in [0.2, 0.25) is 0 Å². The third-order valence-electron chi connectivity index (χ3n) is 6.16. The Kier molecular flexibility index (Phi) is 6.70. The fraction of sp³-hybridized carbons (Fsp3) is 0.192. The van der Waals surface area contributed by atoms with Crippen molar-refractivity contribution in [3.63, 3.8) is 0 Å². The van der Waals surface area contributed by atoms with Gasteiger partial charge in [-0.25, -0.2) is 9.59 Å². The molecule has 1 unspecified atom stereocenters. The molecule has 2 N–H and O–H groups in total. The SMILES string of the molecule is O=C(Nc1cc(I)cc(C(=O)N2CSCC2C(=O)O)c1)OCC1c2ccccc2-c2ccccc21. The Morgan fingerprint density at radius 1 is 1.03 bits per heavy atom. The molecule has 178 valence electrons. The first-order chi connectivity index (χ1) is 16.9. The number of carboxylic acid groups (broad SMARTS) is 1. The summed E-state index contributed by atoms with van der Waals surface area (Å²) in [6.07, 6.45) is -0.618. The van der Waals surface area contributed by atoms with Crippen molar-refractivity contribution in [3.05, 3.63) is 87.0 Å². The van der Waals surface area contributed by atoms with Crippen LogP contribution in [0, 0.1) is 3.57 Å². The topological polar surface area (TPSA) is 95.9 Å². The lowest BCUT2D eigenvalue weighted by Crippen LogP contribution is -2.41. The van der Waals surface area contributed by atoms with Crippen LogP contribution in [0.5, 0.6) is 0 Å². The zero-order valence-electron chi connectivity index (χ0n) is 18.4. The molecule has 3 aromatic carbocycles. The minimum absolute atomic E-state index is 0.0539. The van der Waals surface area contributed by atoms with E-state index in [1.807, 2.05) is 24.3 Å². The Hall–Kier alpha value is -3.05. The van der Waals surface area contributed by atoms with Crippen LogP contribution in [0.3, 0.4) is 0 Å². The van der Waals surface area contributed by atoms with Crippen molar-refractivity contribution < 1.29 is 24.2 Å². The predicted octanol–water partition coefficient (Wildman–Crippen LogP) is 5.25. The number of hydrogen-bond donors (Lipinski definition) is 2. The highest BCUT2D eigenvalue weighted by atomic mass is 127. The maximum atomic E-state index is 13.0. The van der Waals surface area contributed by atoms with Crippen LogP contribution in [0.4, 0.5) is 10.5 Å². The van der Waals surface area contributed by atoms with Crippen LogP contribution in [0.2, 0.25) is 0 Å². The van der Waals surface area contributed by atoms with Gasteiger partial charge in [0.15, 0.2) is 0 Å². The largest absolute Gasteiger partial charge is 0.480 e. The average molecular weight is 600 g/mol. The normalized spacial score (nSPS) is 16.5. The third kappa shape index (κ3) is 4.74. The summed E-state index contributed by atoms with van der Waals surface area (Å²) < 4.78 is 6.34. The summed E-state index contributed by atoms with van der Waals surface area (Å²) in [4.78, 5) is 38.5. The maximum absolute atomic E-state index is 13.0. The number of carbonyl (C=O) groups excluding carboxylic acids is 2. The second-order valence-electron chi connectivity index (χ2n) is 8.31. The molecule has 1 fully saturated rings. The Labute approximate surface area is 220 Å². The van der Waals surface area contributed by atoms with Gasteiger partial charge < -0.3 is 14.7 Å². The summed E-state index contributed by atoms with van der Waals surface area (Å²) in [6, 6.07) is 20.3. The molecular formula is C26H21IN2O5S. The second kappa shape index (κ2) is 9.90. The number of halogens is 1. The van der Waals surface area contributed by atoms with Gasteiger partial charge in [-0.3, -0.25) is 10.1 Å². The van der Waals surface area contributed by atoms with Crippen LogP contribution >= 0.6 is 34.4 Å². The highest BCUT2D eigenvalue weighted by Crippen LogP contribution is 2.44. The molecule has 9 heteroatoms. The maximum Gasteiger partial charge on any atom is 0.411 e. The molecule has 7 nitrogen and oxygen atoms in total. The highest BCUT2D eigenvalue weighted by molar-refractivity contribution is 14.1. The molecule has 0 aromatic heterocycles. The Balaban J connectivity index is 1.28. The summed E-state index contributed by atoms with van der Waals surface area (Å²) in [5.41, 5.74) is 5.28. The summed E-state index contributed by atoms with van der Waals surface area (Å²) in [5, 5.41) is 12.1. The minimum Gasteiger partial charge on any atom is -0.480 e. The average Bonchev–Trinajstić information content (AvgIpc) is 3.45. The van der Waals surface area contributed by atoms with E-state index < -0.39 is 18.1 Å². The number of nitrogens with zero attached hydrogens (tertiary/aromatic N) is 1. The molecule has 1 aliphatic carbocycles. The Morgan fingerprint density at radius 2 is 1.69 bits per heavy atom. The number of thioether (sulfide) groups is 1. The van der Waals surface area contributed by atoms with Gasteiger partial charge in [0.1, 0.15) is 12.6 Å². The van der Waals surface area contributed by atoms with E-state index in [0.717, 1.165) is 25.8 Å². The van der Waals surface area contributed by atoms with Gasteiger partial charge in [-0.2, -0.15) is 0 Å². The molecule has 3 aromatic rings. The van der Waals surface area contributed by atoms with Gasteiger partial charge in [0.05, 0.1) is 5.88 Å². The first kappa shape index (κ1) is 23.7. The molecule has 2 amide bonds. The number of hydrogen-bond acceptors (Lipinski definition) is 5. The first-order valence-electron chi connectivity index (χ1n) is 11.0. The number of carboxylic acids is 1. The van der Waals surface area contributed by atoms with E-state index in [2.05, 4.69) is 52.2 Å². The number of ether oxygens (including phenoxy) is 1.